The summed E-state index contributed by atoms with van der Waals surface area (Å²) < 4.78 is 0.813. The minimum Gasteiger partial charge on any atom is -0.619 e. The van der Waals surface area contributed by atoms with Gasteiger partial charge < -0.3 is 5.21 Å². The van der Waals surface area contributed by atoms with Crippen LogP contribution in [0, 0.1) is 5.21 Å². The molecule has 1 aliphatic heterocycles. The molecule has 1 aromatic rings. The number of hydroxylamine groups is 2. The van der Waals surface area contributed by atoms with E-state index >= 15 is 0 Å². The van der Waals surface area contributed by atoms with Gasteiger partial charge in [0.1, 0.15) is 6.10 Å². The van der Waals surface area contributed by atoms with Crippen molar-refractivity contribution in [1.82, 2.24) is 5.06 Å². The van der Waals surface area contributed by atoms with Gasteiger partial charge in [0.15, 0.2) is 12.4 Å². The van der Waals surface area contributed by atoms with Crippen LogP contribution in [0.5, 0.6) is 0 Å². The first-order chi connectivity index (χ1) is 6.75. The summed E-state index contributed by atoms with van der Waals surface area (Å²) in [4.78, 5) is 5.61. The van der Waals surface area contributed by atoms with Crippen LogP contribution < -0.4 is 4.73 Å². The molecular weight excluding hydrogens is 180 g/mol. The second kappa shape index (κ2) is 3.94. The predicted octanol–water partition coefficient (Wildman–Crippen LogP) is 1.02. The van der Waals surface area contributed by atoms with Crippen LogP contribution in [0.1, 0.15) is 24.5 Å². The molecule has 0 amide bonds. The Morgan fingerprint density at radius 2 is 2.50 bits per heavy atom. The van der Waals surface area contributed by atoms with E-state index in [2.05, 4.69) is 0 Å². The van der Waals surface area contributed by atoms with E-state index < -0.39 is 0 Å². The number of hydrogen-bond donors (Lipinski definition) is 0. The molecule has 2 rings (SSSR count). The van der Waals surface area contributed by atoms with Crippen LogP contribution >= 0.6 is 0 Å². The van der Waals surface area contributed by atoms with Crippen molar-refractivity contribution >= 4 is 0 Å². The SMILES string of the molecule is CN1CCCC(c2ccc[n+]([O-])c2)O1. The molecule has 0 bridgehead atoms. The maximum atomic E-state index is 11.1. The summed E-state index contributed by atoms with van der Waals surface area (Å²) in [6.45, 7) is 0.959. The summed E-state index contributed by atoms with van der Waals surface area (Å²) in [5, 5.41) is 12.9. The standard InChI is InChI=1S/C10H14N2O2/c1-11-6-3-5-10(14-11)9-4-2-7-12(13)8-9/h2,4,7-8,10H,3,5-6H2,1H3. The molecule has 1 aliphatic rings. The molecule has 0 radical (unpaired) electrons. The maximum absolute atomic E-state index is 11.1. The van der Waals surface area contributed by atoms with Gasteiger partial charge in [0, 0.05) is 25.2 Å². The van der Waals surface area contributed by atoms with E-state index in [-0.39, 0.29) is 6.10 Å². The molecule has 4 heteroatoms. The Bertz CT molecular complexity index is 317. The second-order valence-corrected chi connectivity index (χ2v) is 3.58. The lowest BCUT2D eigenvalue weighted by molar-refractivity contribution is -0.606. The van der Waals surface area contributed by atoms with Crippen molar-refractivity contribution in [3.63, 3.8) is 0 Å². The minimum atomic E-state index is 0.0372. The van der Waals surface area contributed by atoms with Gasteiger partial charge in [-0.3, -0.25) is 4.84 Å². The Labute approximate surface area is 83.3 Å². The fourth-order valence-corrected chi connectivity index (χ4v) is 1.71. The molecule has 4 nitrogen and oxygen atoms in total. The highest BCUT2D eigenvalue weighted by Crippen LogP contribution is 2.26. The highest BCUT2D eigenvalue weighted by Gasteiger charge is 2.21. The molecule has 76 valence electrons. The Hall–Kier alpha value is -1.13. The Morgan fingerprint density at radius 1 is 1.64 bits per heavy atom. The third-order valence-electron chi connectivity index (χ3n) is 2.42. The zero-order valence-corrected chi connectivity index (χ0v) is 8.22. The number of aromatic nitrogens is 1. The van der Waals surface area contributed by atoms with Crippen LogP contribution in [-0.2, 0) is 4.84 Å². The molecule has 0 N–H and O–H groups in total. The molecule has 1 fully saturated rings. The van der Waals surface area contributed by atoms with Crippen molar-refractivity contribution in [3.8, 4) is 0 Å². The van der Waals surface area contributed by atoms with Crippen LogP contribution in [0.25, 0.3) is 0 Å². The van der Waals surface area contributed by atoms with Gasteiger partial charge in [0.25, 0.3) is 0 Å². The summed E-state index contributed by atoms with van der Waals surface area (Å²) in [5.41, 5.74) is 0.953. The van der Waals surface area contributed by atoms with Crippen molar-refractivity contribution < 1.29 is 9.57 Å². The lowest BCUT2D eigenvalue weighted by Gasteiger charge is -2.29. The van der Waals surface area contributed by atoms with Gasteiger partial charge in [0.05, 0.1) is 0 Å². The van der Waals surface area contributed by atoms with Crippen LogP contribution in [0.4, 0.5) is 0 Å². The van der Waals surface area contributed by atoms with E-state index in [1.165, 1.54) is 6.20 Å². The van der Waals surface area contributed by atoms with E-state index in [0.29, 0.717) is 0 Å². The molecule has 1 atom stereocenters. The molecular formula is C10H14N2O2. The van der Waals surface area contributed by atoms with Gasteiger partial charge in [-0.05, 0) is 18.9 Å². The summed E-state index contributed by atoms with van der Waals surface area (Å²) in [6, 6.07) is 3.68. The Balaban J connectivity index is 2.14. The van der Waals surface area contributed by atoms with Crippen molar-refractivity contribution in [2.75, 3.05) is 13.6 Å². The Morgan fingerprint density at radius 3 is 3.21 bits per heavy atom. The summed E-state index contributed by atoms with van der Waals surface area (Å²) >= 11 is 0. The van der Waals surface area contributed by atoms with E-state index in [1.807, 2.05) is 18.2 Å². The number of hydrogen-bond acceptors (Lipinski definition) is 3. The van der Waals surface area contributed by atoms with Gasteiger partial charge in [-0.2, -0.15) is 9.79 Å². The quantitative estimate of drug-likeness (QED) is 0.495. The lowest BCUT2D eigenvalue weighted by Crippen LogP contribution is -2.31. The first kappa shape index (κ1) is 9.43. The van der Waals surface area contributed by atoms with Gasteiger partial charge in [-0.25, -0.2) is 0 Å². The average Bonchev–Trinajstić information content (AvgIpc) is 2.18. The zero-order valence-electron chi connectivity index (χ0n) is 8.22. The third-order valence-corrected chi connectivity index (χ3v) is 2.42. The number of rotatable bonds is 1. The van der Waals surface area contributed by atoms with Crippen LogP contribution in [0.15, 0.2) is 24.5 Å². The molecule has 1 aromatic heterocycles. The predicted molar refractivity (Wildman–Crippen MR) is 51.1 cm³/mol. The second-order valence-electron chi connectivity index (χ2n) is 3.58. The normalized spacial score (nSPS) is 23.6. The zero-order chi connectivity index (χ0) is 9.97. The average molecular weight is 194 g/mol. The third kappa shape index (κ3) is 2.02. The highest BCUT2D eigenvalue weighted by molar-refractivity contribution is 5.09. The van der Waals surface area contributed by atoms with Gasteiger partial charge in [-0.15, -0.1) is 0 Å². The van der Waals surface area contributed by atoms with E-state index in [4.69, 9.17) is 4.84 Å². The van der Waals surface area contributed by atoms with Crippen LogP contribution in [0.3, 0.4) is 0 Å². The van der Waals surface area contributed by atoms with Crippen molar-refractivity contribution in [2.45, 2.75) is 18.9 Å². The molecule has 0 aromatic carbocycles. The largest absolute Gasteiger partial charge is 0.619 e. The fourth-order valence-electron chi connectivity index (χ4n) is 1.71. The summed E-state index contributed by atoms with van der Waals surface area (Å²) in [5.74, 6) is 0. The van der Waals surface area contributed by atoms with E-state index in [9.17, 15) is 5.21 Å². The van der Waals surface area contributed by atoms with Crippen LogP contribution in [0.2, 0.25) is 0 Å². The molecule has 1 saturated heterocycles. The first-order valence-corrected chi connectivity index (χ1v) is 4.82. The molecule has 1 unspecified atom stereocenters. The molecule has 2 heterocycles. The van der Waals surface area contributed by atoms with E-state index in [0.717, 1.165) is 29.7 Å². The molecule has 0 aliphatic carbocycles. The van der Waals surface area contributed by atoms with Crippen molar-refractivity contribution in [3.05, 3.63) is 35.3 Å². The number of pyridine rings is 1. The Kier molecular flexibility index (Phi) is 2.65. The van der Waals surface area contributed by atoms with Crippen molar-refractivity contribution in [1.29, 1.82) is 0 Å². The highest BCUT2D eigenvalue weighted by atomic mass is 16.7. The smallest absolute Gasteiger partial charge is 0.186 e. The molecule has 0 spiro atoms. The van der Waals surface area contributed by atoms with Gasteiger partial charge in [-0.1, -0.05) is 0 Å². The molecule has 0 saturated carbocycles. The first-order valence-electron chi connectivity index (χ1n) is 4.82. The summed E-state index contributed by atoms with van der Waals surface area (Å²) in [7, 11) is 1.92. The van der Waals surface area contributed by atoms with E-state index in [1.54, 1.807) is 12.3 Å². The van der Waals surface area contributed by atoms with Gasteiger partial charge in [0.2, 0.25) is 0 Å². The minimum absolute atomic E-state index is 0.0372. The van der Waals surface area contributed by atoms with Gasteiger partial charge >= 0.3 is 0 Å². The maximum Gasteiger partial charge on any atom is 0.186 e. The topological polar surface area (TPSA) is 39.4 Å². The molecule has 14 heavy (non-hydrogen) atoms. The summed E-state index contributed by atoms with van der Waals surface area (Å²) in [6.07, 6.45) is 5.18. The lowest BCUT2D eigenvalue weighted by atomic mass is 10.1. The van der Waals surface area contributed by atoms with Crippen LogP contribution in [-0.4, -0.2) is 18.7 Å². The van der Waals surface area contributed by atoms with Crippen molar-refractivity contribution in [2.24, 2.45) is 0 Å². The fraction of sp³-hybridized carbons (Fsp3) is 0.500. The number of nitrogens with zero attached hydrogens (tertiary/aromatic N) is 2. The monoisotopic (exact) mass is 194 g/mol.